The van der Waals surface area contributed by atoms with E-state index in [1.807, 2.05) is 18.3 Å². The third-order valence-corrected chi connectivity index (χ3v) is 4.59. The van der Waals surface area contributed by atoms with E-state index in [1.54, 1.807) is 7.11 Å². The molecule has 0 radical (unpaired) electrons. The van der Waals surface area contributed by atoms with E-state index >= 15 is 0 Å². The largest absolute Gasteiger partial charge is 0.491 e. The fourth-order valence-electron chi connectivity index (χ4n) is 3.29. The first-order valence-electron chi connectivity index (χ1n) is 8.80. The zero-order valence-electron chi connectivity index (χ0n) is 14.6. The molecule has 2 aromatic rings. The van der Waals surface area contributed by atoms with Crippen molar-refractivity contribution in [2.24, 2.45) is 0 Å². The van der Waals surface area contributed by atoms with Crippen molar-refractivity contribution >= 4 is 0 Å². The Morgan fingerprint density at radius 2 is 2.08 bits per heavy atom. The second-order valence-electron chi connectivity index (χ2n) is 6.17. The first-order chi connectivity index (χ1) is 11.8. The van der Waals surface area contributed by atoms with Gasteiger partial charge in [-0.3, -0.25) is 4.68 Å². The van der Waals surface area contributed by atoms with Crippen LogP contribution in [0, 0.1) is 0 Å². The van der Waals surface area contributed by atoms with E-state index in [2.05, 4.69) is 34.2 Å². The third-order valence-electron chi connectivity index (χ3n) is 4.59. The summed E-state index contributed by atoms with van der Waals surface area (Å²) >= 11 is 0. The molecular weight excluding hydrogens is 302 g/mol. The molecule has 1 heterocycles. The third kappa shape index (κ3) is 3.97. The first-order valence-corrected chi connectivity index (χ1v) is 8.80. The second-order valence-corrected chi connectivity index (χ2v) is 6.17. The molecule has 0 aliphatic heterocycles. The molecule has 1 aromatic heterocycles. The van der Waals surface area contributed by atoms with Gasteiger partial charge >= 0.3 is 0 Å². The maximum atomic E-state index is 5.60. The van der Waals surface area contributed by atoms with Crippen molar-refractivity contribution in [3.05, 3.63) is 47.3 Å². The highest BCUT2D eigenvalue weighted by molar-refractivity contribution is 5.28. The molecule has 1 aliphatic rings. The lowest BCUT2D eigenvalue weighted by Crippen LogP contribution is -2.25. The van der Waals surface area contributed by atoms with Crippen LogP contribution in [0.3, 0.4) is 0 Å². The summed E-state index contributed by atoms with van der Waals surface area (Å²) in [6.45, 7) is 5.16. The number of hydrogen-bond donors (Lipinski definition) is 1. The van der Waals surface area contributed by atoms with Gasteiger partial charge in [0.15, 0.2) is 0 Å². The van der Waals surface area contributed by atoms with Crippen LogP contribution >= 0.6 is 0 Å². The molecule has 1 atom stereocenters. The van der Waals surface area contributed by atoms with E-state index in [1.165, 1.54) is 29.7 Å². The average Bonchev–Trinajstić information content (AvgIpc) is 3.05. The molecule has 0 amide bonds. The Hall–Kier alpha value is -1.85. The number of rotatable bonds is 8. The van der Waals surface area contributed by atoms with E-state index in [0.717, 1.165) is 25.3 Å². The lowest BCUT2D eigenvalue weighted by atomic mass is 9.93. The van der Waals surface area contributed by atoms with Gasteiger partial charge in [0, 0.05) is 37.5 Å². The topological polar surface area (TPSA) is 48.3 Å². The molecule has 5 heteroatoms. The molecule has 0 fully saturated rings. The number of nitrogens with zero attached hydrogens (tertiary/aromatic N) is 2. The number of hydrogen-bond acceptors (Lipinski definition) is 4. The van der Waals surface area contributed by atoms with Crippen molar-refractivity contribution in [1.29, 1.82) is 0 Å². The Kier molecular flexibility index (Phi) is 5.88. The standard InChI is InChI=1S/C19H27N3O2/c1-3-22-19-6-4-5-18(17(19)14-21-22)20-13-15-7-9-16(10-8-15)24-12-11-23-2/h7-10,14,18,20H,3-6,11-13H2,1-2H3/t18-/m0/s1. The average molecular weight is 329 g/mol. The van der Waals surface area contributed by atoms with E-state index < -0.39 is 0 Å². The zero-order valence-corrected chi connectivity index (χ0v) is 14.6. The summed E-state index contributed by atoms with van der Waals surface area (Å²) in [7, 11) is 1.68. The number of ether oxygens (including phenoxy) is 2. The van der Waals surface area contributed by atoms with Crippen LogP contribution in [-0.4, -0.2) is 30.1 Å². The van der Waals surface area contributed by atoms with Crippen LogP contribution in [0.2, 0.25) is 0 Å². The van der Waals surface area contributed by atoms with Gasteiger partial charge in [0.1, 0.15) is 12.4 Å². The van der Waals surface area contributed by atoms with Gasteiger partial charge in [-0.05, 0) is 43.9 Å². The van der Waals surface area contributed by atoms with Gasteiger partial charge in [0.25, 0.3) is 0 Å². The van der Waals surface area contributed by atoms with Crippen molar-refractivity contribution in [3.63, 3.8) is 0 Å². The highest BCUT2D eigenvalue weighted by atomic mass is 16.5. The summed E-state index contributed by atoms with van der Waals surface area (Å²) in [6.07, 6.45) is 5.60. The van der Waals surface area contributed by atoms with E-state index in [4.69, 9.17) is 9.47 Å². The minimum atomic E-state index is 0.409. The summed E-state index contributed by atoms with van der Waals surface area (Å²) in [5.41, 5.74) is 4.05. The normalized spacial score (nSPS) is 16.8. The maximum Gasteiger partial charge on any atom is 0.119 e. The molecule has 0 bridgehead atoms. The molecule has 24 heavy (non-hydrogen) atoms. The predicted molar refractivity (Wildman–Crippen MR) is 94.2 cm³/mol. The Morgan fingerprint density at radius 3 is 2.83 bits per heavy atom. The molecule has 130 valence electrons. The minimum Gasteiger partial charge on any atom is -0.491 e. The summed E-state index contributed by atoms with van der Waals surface area (Å²) < 4.78 is 12.7. The van der Waals surface area contributed by atoms with Crippen LogP contribution in [-0.2, 0) is 24.2 Å². The molecule has 5 nitrogen and oxygen atoms in total. The zero-order chi connectivity index (χ0) is 16.8. The lowest BCUT2D eigenvalue weighted by molar-refractivity contribution is 0.146. The van der Waals surface area contributed by atoms with Gasteiger partial charge in [-0.15, -0.1) is 0 Å². The van der Waals surface area contributed by atoms with Gasteiger partial charge in [0.2, 0.25) is 0 Å². The number of aryl methyl sites for hydroxylation is 1. The van der Waals surface area contributed by atoms with E-state index in [0.29, 0.717) is 19.3 Å². The van der Waals surface area contributed by atoms with Crippen molar-refractivity contribution in [2.75, 3.05) is 20.3 Å². The molecule has 1 N–H and O–H groups in total. The Bertz CT molecular complexity index is 637. The molecule has 0 saturated carbocycles. The lowest BCUT2D eigenvalue weighted by Gasteiger charge is -2.24. The Labute approximate surface area is 144 Å². The van der Waals surface area contributed by atoms with Gasteiger partial charge in [-0.2, -0.15) is 5.10 Å². The fraction of sp³-hybridized carbons (Fsp3) is 0.526. The van der Waals surface area contributed by atoms with Gasteiger partial charge in [-0.25, -0.2) is 0 Å². The number of aromatic nitrogens is 2. The summed E-state index contributed by atoms with van der Waals surface area (Å²) in [5.74, 6) is 0.889. The highest BCUT2D eigenvalue weighted by Gasteiger charge is 2.23. The second kappa shape index (κ2) is 8.31. The highest BCUT2D eigenvalue weighted by Crippen LogP contribution is 2.29. The van der Waals surface area contributed by atoms with Crippen LogP contribution in [0.1, 0.15) is 42.6 Å². The molecule has 0 unspecified atom stereocenters. The van der Waals surface area contributed by atoms with Gasteiger partial charge in [-0.1, -0.05) is 12.1 Å². The van der Waals surface area contributed by atoms with Crippen molar-refractivity contribution < 1.29 is 9.47 Å². The van der Waals surface area contributed by atoms with Crippen LogP contribution in [0.5, 0.6) is 5.75 Å². The first kappa shape index (κ1) is 17.0. The molecule has 3 rings (SSSR count). The number of benzene rings is 1. The van der Waals surface area contributed by atoms with E-state index in [-0.39, 0.29) is 0 Å². The van der Waals surface area contributed by atoms with Crippen molar-refractivity contribution in [1.82, 2.24) is 15.1 Å². The quantitative estimate of drug-likeness (QED) is 0.756. The molecule has 1 aliphatic carbocycles. The SMILES string of the molecule is CCn1ncc2c1CCC[C@@H]2NCc1ccc(OCCOC)cc1. The summed E-state index contributed by atoms with van der Waals surface area (Å²) in [4.78, 5) is 0. The Balaban J connectivity index is 1.56. The van der Waals surface area contributed by atoms with Crippen molar-refractivity contribution in [2.45, 2.75) is 45.3 Å². The number of nitrogens with one attached hydrogen (secondary N) is 1. The number of fused-ring (bicyclic) bond motifs is 1. The molecule has 0 saturated heterocycles. The van der Waals surface area contributed by atoms with Gasteiger partial charge < -0.3 is 14.8 Å². The van der Waals surface area contributed by atoms with Gasteiger partial charge in [0.05, 0.1) is 12.8 Å². The molecular formula is C19H27N3O2. The van der Waals surface area contributed by atoms with Crippen LogP contribution < -0.4 is 10.1 Å². The smallest absolute Gasteiger partial charge is 0.119 e. The molecule has 1 aromatic carbocycles. The predicted octanol–water partition coefficient (Wildman–Crippen LogP) is 3.10. The fourth-order valence-corrected chi connectivity index (χ4v) is 3.29. The van der Waals surface area contributed by atoms with Crippen LogP contribution in [0.15, 0.2) is 30.5 Å². The summed E-state index contributed by atoms with van der Waals surface area (Å²) in [6, 6.07) is 8.69. The maximum absolute atomic E-state index is 5.60. The number of methoxy groups -OCH3 is 1. The summed E-state index contributed by atoms with van der Waals surface area (Å²) in [5, 5.41) is 8.21. The van der Waals surface area contributed by atoms with Crippen LogP contribution in [0.4, 0.5) is 0 Å². The van der Waals surface area contributed by atoms with E-state index in [9.17, 15) is 0 Å². The Morgan fingerprint density at radius 1 is 1.25 bits per heavy atom. The monoisotopic (exact) mass is 329 g/mol. The molecule has 0 spiro atoms. The van der Waals surface area contributed by atoms with Crippen molar-refractivity contribution in [3.8, 4) is 5.75 Å². The minimum absolute atomic E-state index is 0.409. The van der Waals surface area contributed by atoms with Crippen LogP contribution in [0.25, 0.3) is 0 Å².